The summed E-state index contributed by atoms with van der Waals surface area (Å²) in [5, 5.41) is 11.9. The molecule has 2 N–H and O–H groups in total. The maximum Gasteiger partial charge on any atom is 0.407 e. The zero-order valence-corrected chi connectivity index (χ0v) is 12.2. The first-order valence-corrected chi connectivity index (χ1v) is 7.37. The van der Waals surface area contributed by atoms with Crippen molar-refractivity contribution in [2.75, 3.05) is 33.4 Å². The van der Waals surface area contributed by atoms with Crippen molar-refractivity contribution in [2.24, 2.45) is 5.92 Å². The van der Waals surface area contributed by atoms with Gasteiger partial charge in [0.15, 0.2) is 0 Å². The minimum absolute atomic E-state index is 0.168. The van der Waals surface area contributed by atoms with Gasteiger partial charge in [0.2, 0.25) is 0 Å². The Morgan fingerprint density at radius 1 is 1.42 bits per heavy atom. The first-order valence-electron chi connectivity index (χ1n) is 7.37. The molecule has 0 aromatic rings. The maximum atomic E-state index is 11.3. The fourth-order valence-corrected chi connectivity index (χ4v) is 2.79. The van der Waals surface area contributed by atoms with E-state index in [2.05, 4.69) is 21.9 Å². The number of nitrogens with zero attached hydrogens (tertiary/aromatic N) is 1. The molecule has 0 aromatic carbocycles. The molecule has 2 atom stereocenters. The summed E-state index contributed by atoms with van der Waals surface area (Å²) in [5.41, 5.74) is 0. The third-order valence-electron chi connectivity index (χ3n) is 3.72. The molecule has 2 unspecified atom stereocenters. The van der Waals surface area contributed by atoms with Gasteiger partial charge in [0.05, 0.1) is 7.11 Å². The van der Waals surface area contributed by atoms with Crippen molar-refractivity contribution in [1.82, 2.24) is 10.2 Å². The molecule has 112 valence electrons. The molecule has 1 saturated heterocycles. The predicted octanol–water partition coefficient (Wildman–Crippen LogP) is 1.61. The average Bonchev–Trinajstić information content (AvgIpc) is 2.42. The Labute approximate surface area is 116 Å². The molecule has 0 bridgehead atoms. The molecule has 1 amide bonds. The van der Waals surface area contributed by atoms with E-state index in [1.165, 1.54) is 20.0 Å². The molecule has 0 spiro atoms. The SMILES string of the molecule is CCCCN1CC(CCCO)CC(NC(=O)OC)C1. The first-order chi connectivity index (χ1) is 9.19. The number of piperidine rings is 1. The number of alkyl carbamates (subject to hydrolysis) is 1. The molecule has 5 nitrogen and oxygen atoms in total. The summed E-state index contributed by atoms with van der Waals surface area (Å²) in [4.78, 5) is 13.8. The van der Waals surface area contributed by atoms with Gasteiger partial charge in [-0.2, -0.15) is 0 Å². The van der Waals surface area contributed by atoms with Gasteiger partial charge in [-0.05, 0) is 38.1 Å². The van der Waals surface area contributed by atoms with Gasteiger partial charge >= 0.3 is 6.09 Å². The molecule has 5 heteroatoms. The van der Waals surface area contributed by atoms with Crippen LogP contribution in [0.2, 0.25) is 0 Å². The van der Waals surface area contributed by atoms with Crippen molar-refractivity contribution >= 4 is 6.09 Å². The highest BCUT2D eigenvalue weighted by Crippen LogP contribution is 2.21. The molecule has 0 saturated carbocycles. The highest BCUT2D eigenvalue weighted by Gasteiger charge is 2.27. The molecule has 0 aliphatic carbocycles. The van der Waals surface area contributed by atoms with Crippen LogP contribution in [0.1, 0.15) is 39.0 Å². The summed E-state index contributed by atoms with van der Waals surface area (Å²) >= 11 is 0. The van der Waals surface area contributed by atoms with E-state index in [-0.39, 0.29) is 18.7 Å². The number of amides is 1. The lowest BCUT2D eigenvalue weighted by Gasteiger charge is -2.38. The van der Waals surface area contributed by atoms with Crippen LogP contribution in [0.3, 0.4) is 0 Å². The Hall–Kier alpha value is -0.810. The Bertz CT molecular complexity index is 245. The zero-order chi connectivity index (χ0) is 14.1. The minimum atomic E-state index is -0.344. The predicted molar refractivity (Wildman–Crippen MR) is 75.1 cm³/mol. The quantitative estimate of drug-likeness (QED) is 0.739. The van der Waals surface area contributed by atoms with Gasteiger partial charge < -0.3 is 20.1 Å². The number of rotatable bonds is 7. The molecule has 19 heavy (non-hydrogen) atoms. The fraction of sp³-hybridized carbons (Fsp3) is 0.929. The third kappa shape index (κ3) is 6.25. The van der Waals surface area contributed by atoms with Crippen LogP contribution < -0.4 is 5.32 Å². The van der Waals surface area contributed by atoms with Crippen LogP contribution in [0.15, 0.2) is 0 Å². The number of nitrogens with one attached hydrogen (secondary N) is 1. The van der Waals surface area contributed by atoms with Crippen LogP contribution in [0.25, 0.3) is 0 Å². The van der Waals surface area contributed by atoms with E-state index < -0.39 is 0 Å². The Kier molecular flexibility index (Phi) is 7.82. The lowest BCUT2D eigenvalue weighted by Crippen LogP contribution is -2.51. The van der Waals surface area contributed by atoms with E-state index in [4.69, 9.17) is 5.11 Å². The second-order valence-electron chi connectivity index (χ2n) is 5.41. The lowest BCUT2D eigenvalue weighted by atomic mass is 9.90. The van der Waals surface area contributed by atoms with Gasteiger partial charge in [-0.25, -0.2) is 4.79 Å². The van der Waals surface area contributed by atoms with Crippen molar-refractivity contribution in [1.29, 1.82) is 0 Å². The number of hydrogen-bond acceptors (Lipinski definition) is 4. The van der Waals surface area contributed by atoms with Gasteiger partial charge in [-0.1, -0.05) is 13.3 Å². The zero-order valence-electron chi connectivity index (χ0n) is 12.2. The summed E-state index contributed by atoms with van der Waals surface area (Å²) in [6, 6.07) is 0.168. The normalized spacial score (nSPS) is 24.2. The molecule has 1 aliphatic heterocycles. The van der Waals surface area contributed by atoms with E-state index >= 15 is 0 Å². The Morgan fingerprint density at radius 3 is 2.84 bits per heavy atom. The van der Waals surface area contributed by atoms with Gasteiger partial charge in [0.25, 0.3) is 0 Å². The van der Waals surface area contributed by atoms with Crippen LogP contribution >= 0.6 is 0 Å². The van der Waals surface area contributed by atoms with Gasteiger partial charge in [-0.3, -0.25) is 0 Å². The van der Waals surface area contributed by atoms with E-state index in [0.717, 1.165) is 38.9 Å². The van der Waals surface area contributed by atoms with Crippen molar-refractivity contribution in [3.63, 3.8) is 0 Å². The van der Waals surface area contributed by atoms with Crippen molar-refractivity contribution in [2.45, 2.75) is 45.1 Å². The van der Waals surface area contributed by atoms with Crippen molar-refractivity contribution in [3.05, 3.63) is 0 Å². The Morgan fingerprint density at radius 2 is 2.21 bits per heavy atom. The molecule has 1 rings (SSSR count). The number of methoxy groups -OCH3 is 1. The highest BCUT2D eigenvalue weighted by molar-refractivity contribution is 5.67. The minimum Gasteiger partial charge on any atom is -0.453 e. The largest absolute Gasteiger partial charge is 0.453 e. The molecule has 1 fully saturated rings. The fourth-order valence-electron chi connectivity index (χ4n) is 2.79. The summed E-state index contributed by atoms with van der Waals surface area (Å²) in [6.45, 7) is 5.52. The first kappa shape index (κ1) is 16.2. The van der Waals surface area contributed by atoms with Crippen LogP contribution in [-0.2, 0) is 4.74 Å². The maximum absolute atomic E-state index is 11.3. The number of likely N-dealkylation sites (tertiary alicyclic amines) is 1. The van der Waals surface area contributed by atoms with E-state index in [1.54, 1.807) is 0 Å². The second-order valence-corrected chi connectivity index (χ2v) is 5.41. The topological polar surface area (TPSA) is 61.8 Å². The third-order valence-corrected chi connectivity index (χ3v) is 3.72. The smallest absolute Gasteiger partial charge is 0.407 e. The number of carbonyl (C=O) groups excluding carboxylic acids is 1. The average molecular weight is 272 g/mol. The number of aliphatic hydroxyl groups is 1. The van der Waals surface area contributed by atoms with Crippen LogP contribution in [-0.4, -0.2) is 55.5 Å². The summed E-state index contributed by atoms with van der Waals surface area (Å²) in [5.74, 6) is 0.555. The molecular weight excluding hydrogens is 244 g/mol. The molecular formula is C14H28N2O3. The van der Waals surface area contributed by atoms with Crippen LogP contribution in [0.5, 0.6) is 0 Å². The monoisotopic (exact) mass is 272 g/mol. The number of unbranched alkanes of at least 4 members (excludes halogenated alkanes) is 1. The lowest BCUT2D eigenvalue weighted by molar-refractivity contribution is 0.117. The number of ether oxygens (including phenoxy) is 1. The molecule has 1 heterocycles. The van der Waals surface area contributed by atoms with Crippen LogP contribution in [0, 0.1) is 5.92 Å². The van der Waals surface area contributed by atoms with Gasteiger partial charge in [0.1, 0.15) is 0 Å². The van der Waals surface area contributed by atoms with E-state index in [9.17, 15) is 4.79 Å². The van der Waals surface area contributed by atoms with Gasteiger partial charge in [-0.15, -0.1) is 0 Å². The second kappa shape index (κ2) is 9.15. The molecule has 0 aromatic heterocycles. The van der Waals surface area contributed by atoms with Gasteiger partial charge in [0, 0.05) is 25.7 Å². The Balaban J connectivity index is 2.47. The molecule has 1 aliphatic rings. The standard InChI is InChI=1S/C14H28N2O3/c1-3-4-7-16-10-12(6-5-8-17)9-13(11-16)15-14(18)19-2/h12-13,17H,3-11H2,1-2H3,(H,15,18). The van der Waals surface area contributed by atoms with Crippen molar-refractivity contribution < 1.29 is 14.6 Å². The summed E-state index contributed by atoms with van der Waals surface area (Å²) in [6.07, 6.45) is 4.89. The number of carbonyl (C=O) groups is 1. The van der Waals surface area contributed by atoms with E-state index in [0.29, 0.717) is 5.92 Å². The molecule has 0 radical (unpaired) electrons. The van der Waals surface area contributed by atoms with E-state index in [1.807, 2.05) is 0 Å². The van der Waals surface area contributed by atoms with Crippen molar-refractivity contribution in [3.8, 4) is 0 Å². The van der Waals surface area contributed by atoms with Crippen LogP contribution in [0.4, 0.5) is 4.79 Å². The summed E-state index contributed by atoms with van der Waals surface area (Å²) < 4.78 is 4.68. The number of hydrogen-bond donors (Lipinski definition) is 2. The number of aliphatic hydroxyl groups excluding tert-OH is 1. The summed E-state index contributed by atoms with van der Waals surface area (Å²) in [7, 11) is 1.40. The highest BCUT2D eigenvalue weighted by atomic mass is 16.5.